The zero-order valence-electron chi connectivity index (χ0n) is 9.64. The van der Waals surface area contributed by atoms with E-state index in [1.165, 1.54) is 29.5 Å². The Kier molecular flexibility index (Phi) is 4.19. The molecule has 0 aromatic heterocycles. The van der Waals surface area contributed by atoms with Crippen LogP contribution in [0.4, 0.5) is 0 Å². The maximum absolute atomic E-state index is 4.06. The van der Waals surface area contributed by atoms with Gasteiger partial charge in [0.2, 0.25) is 0 Å². The van der Waals surface area contributed by atoms with Crippen molar-refractivity contribution in [1.82, 2.24) is 0 Å². The lowest BCUT2D eigenvalue weighted by atomic mass is 9.86. The summed E-state index contributed by atoms with van der Waals surface area (Å²) < 4.78 is 0. The highest BCUT2D eigenvalue weighted by Gasteiger charge is 2.12. The highest BCUT2D eigenvalue weighted by atomic mass is 14.2. The fourth-order valence-electron chi connectivity index (χ4n) is 2.25. The van der Waals surface area contributed by atoms with Gasteiger partial charge in [0.1, 0.15) is 0 Å². The minimum atomic E-state index is 0.654. The van der Waals surface area contributed by atoms with Crippen LogP contribution in [0.5, 0.6) is 0 Å². The summed E-state index contributed by atoms with van der Waals surface area (Å²) in [5.41, 5.74) is 4.38. The summed E-state index contributed by atoms with van der Waals surface area (Å²) in [4.78, 5) is 0. The van der Waals surface area contributed by atoms with E-state index in [1.54, 1.807) is 0 Å². The van der Waals surface area contributed by atoms with Gasteiger partial charge in [-0.05, 0) is 49.3 Å². The van der Waals surface area contributed by atoms with E-state index in [2.05, 4.69) is 45.9 Å². The van der Waals surface area contributed by atoms with Gasteiger partial charge in [0, 0.05) is 0 Å². The molecule has 77 valence electrons. The van der Waals surface area contributed by atoms with Crippen LogP contribution >= 0.6 is 0 Å². The van der Waals surface area contributed by atoms with Crippen LogP contribution in [0.25, 0.3) is 0 Å². The van der Waals surface area contributed by atoms with Gasteiger partial charge in [-0.1, -0.05) is 38.5 Å². The molecule has 0 aliphatic heterocycles. The zero-order chi connectivity index (χ0) is 10.6. The molecule has 0 heterocycles. The number of aryl methyl sites for hydroxylation is 2. The SMILES string of the molecule is [CH2]CC(CCC)c1c(C)cccc1C. The van der Waals surface area contributed by atoms with Crippen molar-refractivity contribution in [2.24, 2.45) is 0 Å². The molecule has 0 amide bonds. The molecule has 1 aromatic rings. The van der Waals surface area contributed by atoms with E-state index in [1.807, 2.05) is 0 Å². The summed E-state index contributed by atoms with van der Waals surface area (Å²) in [7, 11) is 0. The van der Waals surface area contributed by atoms with Crippen LogP contribution < -0.4 is 0 Å². The Bertz CT molecular complexity index is 266. The molecule has 0 aliphatic carbocycles. The Hall–Kier alpha value is -0.780. The molecule has 0 saturated carbocycles. The second-order valence-corrected chi connectivity index (χ2v) is 4.08. The molecule has 14 heavy (non-hydrogen) atoms. The van der Waals surface area contributed by atoms with Gasteiger partial charge in [-0.25, -0.2) is 0 Å². The topological polar surface area (TPSA) is 0 Å². The van der Waals surface area contributed by atoms with E-state index in [4.69, 9.17) is 0 Å². The highest BCUT2D eigenvalue weighted by molar-refractivity contribution is 5.36. The van der Waals surface area contributed by atoms with Gasteiger partial charge in [0.15, 0.2) is 0 Å². The summed E-state index contributed by atoms with van der Waals surface area (Å²) in [6.07, 6.45) is 3.52. The fourth-order valence-corrected chi connectivity index (χ4v) is 2.25. The van der Waals surface area contributed by atoms with Crippen LogP contribution in [0.15, 0.2) is 18.2 Å². The molecule has 1 radical (unpaired) electrons. The highest BCUT2D eigenvalue weighted by Crippen LogP contribution is 2.29. The maximum Gasteiger partial charge on any atom is -0.0157 e. The van der Waals surface area contributed by atoms with Gasteiger partial charge in [0.05, 0.1) is 0 Å². The summed E-state index contributed by atoms with van der Waals surface area (Å²) in [5, 5.41) is 0. The van der Waals surface area contributed by atoms with Crippen molar-refractivity contribution in [3.05, 3.63) is 41.8 Å². The Balaban J connectivity index is 3.02. The first-order valence-electron chi connectivity index (χ1n) is 5.56. The van der Waals surface area contributed by atoms with Crippen molar-refractivity contribution < 1.29 is 0 Å². The molecule has 0 heteroatoms. The Morgan fingerprint density at radius 1 is 1.21 bits per heavy atom. The Labute approximate surface area is 88.4 Å². The van der Waals surface area contributed by atoms with E-state index in [0.717, 1.165) is 6.42 Å². The third kappa shape index (κ3) is 2.37. The summed E-state index contributed by atoms with van der Waals surface area (Å²) in [5.74, 6) is 0.654. The van der Waals surface area contributed by atoms with Crippen molar-refractivity contribution in [3.63, 3.8) is 0 Å². The molecule has 0 N–H and O–H groups in total. The molecule has 1 rings (SSSR count). The quantitative estimate of drug-likeness (QED) is 0.658. The molecule has 0 aliphatic rings. The van der Waals surface area contributed by atoms with Crippen molar-refractivity contribution in [2.45, 2.75) is 46.0 Å². The first kappa shape index (κ1) is 11.3. The van der Waals surface area contributed by atoms with E-state index >= 15 is 0 Å². The van der Waals surface area contributed by atoms with Crippen molar-refractivity contribution in [3.8, 4) is 0 Å². The summed E-state index contributed by atoms with van der Waals surface area (Å²) in [6.45, 7) is 10.7. The van der Waals surface area contributed by atoms with Gasteiger partial charge in [0.25, 0.3) is 0 Å². The third-order valence-electron chi connectivity index (χ3n) is 2.94. The standard InChI is InChI=1S/C14H21/c1-5-8-13(6-2)14-11(3)9-7-10-12(14)4/h7,9-10,13H,2,5-6,8H2,1,3-4H3. The first-order valence-corrected chi connectivity index (χ1v) is 5.56. The zero-order valence-corrected chi connectivity index (χ0v) is 9.64. The monoisotopic (exact) mass is 189 g/mol. The van der Waals surface area contributed by atoms with E-state index in [-0.39, 0.29) is 0 Å². The number of hydrogen-bond donors (Lipinski definition) is 0. The average Bonchev–Trinajstić information content (AvgIpc) is 2.16. The second-order valence-electron chi connectivity index (χ2n) is 4.08. The second kappa shape index (κ2) is 5.19. The molecule has 0 spiro atoms. The molecular weight excluding hydrogens is 168 g/mol. The van der Waals surface area contributed by atoms with Crippen LogP contribution in [0.1, 0.15) is 48.8 Å². The largest absolute Gasteiger partial charge is 0.0654 e. The average molecular weight is 189 g/mol. The molecule has 0 saturated heterocycles. The summed E-state index contributed by atoms with van der Waals surface area (Å²) >= 11 is 0. The molecule has 1 atom stereocenters. The van der Waals surface area contributed by atoms with Crippen LogP contribution in [0.2, 0.25) is 0 Å². The van der Waals surface area contributed by atoms with E-state index in [9.17, 15) is 0 Å². The smallest absolute Gasteiger partial charge is 0.0157 e. The predicted molar refractivity (Wildman–Crippen MR) is 63.5 cm³/mol. The van der Waals surface area contributed by atoms with Crippen LogP contribution in [0, 0.1) is 20.8 Å². The molecule has 0 nitrogen and oxygen atoms in total. The van der Waals surface area contributed by atoms with Gasteiger partial charge >= 0.3 is 0 Å². The van der Waals surface area contributed by atoms with E-state index in [0.29, 0.717) is 5.92 Å². The van der Waals surface area contributed by atoms with Gasteiger partial charge in [-0.2, -0.15) is 0 Å². The third-order valence-corrected chi connectivity index (χ3v) is 2.94. The molecular formula is C14H21. The van der Waals surface area contributed by atoms with Gasteiger partial charge < -0.3 is 0 Å². The normalized spacial score (nSPS) is 12.9. The Morgan fingerprint density at radius 3 is 2.21 bits per heavy atom. The molecule has 0 bridgehead atoms. The molecule has 0 fully saturated rings. The number of rotatable bonds is 4. The van der Waals surface area contributed by atoms with Gasteiger partial charge in [-0.15, -0.1) is 0 Å². The number of benzene rings is 1. The number of hydrogen-bond acceptors (Lipinski definition) is 0. The first-order chi connectivity index (χ1) is 6.70. The van der Waals surface area contributed by atoms with Crippen molar-refractivity contribution in [1.29, 1.82) is 0 Å². The molecule has 1 unspecified atom stereocenters. The van der Waals surface area contributed by atoms with Crippen LogP contribution in [-0.2, 0) is 0 Å². The summed E-state index contributed by atoms with van der Waals surface area (Å²) in [6, 6.07) is 6.56. The van der Waals surface area contributed by atoms with Crippen molar-refractivity contribution >= 4 is 0 Å². The van der Waals surface area contributed by atoms with Crippen LogP contribution in [-0.4, -0.2) is 0 Å². The van der Waals surface area contributed by atoms with Crippen molar-refractivity contribution in [2.75, 3.05) is 0 Å². The lowest BCUT2D eigenvalue weighted by Crippen LogP contribution is -2.02. The van der Waals surface area contributed by atoms with E-state index < -0.39 is 0 Å². The minimum Gasteiger partial charge on any atom is -0.0654 e. The predicted octanol–water partition coefficient (Wildman–Crippen LogP) is 4.41. The minimum absolute atomic E-state index is 0.654. The lowest BCUT2D eigenvalue weighted by Gasteiger charge is -2.19. The lowest BCUT2D eigenvalue weighted by molar-refractivity contribution is 0.613. The fraction of sp³-hybridized carbons (Fsp3) is 0.500. The maximum atomic E-state index is 4.06. The Morgan fingerprint density at radius 2 is 1.79 bits per heavy atom. The molecule has 1 aromatic carbocycles. The van der Waals surface area contributed by atoms with Gasteiger partial charge in [-0.3, -0.25) is 0 Å². The van der Waals surface area contributed by atoms with Crippen LogP contribution in [0.3, 0.4) is 0 Å².